The van der Waals surface area contributed by atoms with E-state index in [1.165, 1.54) is 29.5 Å². The zero-order valence-corrected chi connectivity index (χ0v) is 21.0. The first-order valence-corrected chi connectivity index (χ1v) is 13.7. The molecule has 2 aromatic heterocycles. The fraction of sp³-hybridized carbons (Fsp3) is 0.280. The van der Waals surface area contributed by atoms with E-state index in [9.17, 15) is 18.5 Å². The van der Waals surface area contributed by atoms with E-state index < -0.39 is 15.9 Å². The molecule has 1 aliphatic heterocycles. The molecule has 0 unspecified atom stereocenters. The summed E-state index contributed by atoms with van der Waals surface area (Å²) < 4.78 is 39.1. The number of benzene rings is 1. The van der Waals surface area contributed by atoms with Crippen LogP contribution in [0.4, 0.5) is 5.69 Å². The van der Waals surface area contributed by atoms with Gasteiger partial charge >= 0.3 is 0 Å². The molecule has 1 amide bonds. The number of nitriles is 1. The number of nitrogen functional groups attached to an aromatic ring is 1. The molecule has 9 nitrogen and oxygen atoms in total. The van der Waals surface area contributed by atoms with E-state index in [-0.39, 0.29) is 16.5 Å². The predicted molar refractivity (Wildman–Crippen MR) is 137 cm³/mol. The number of anilines is 1. The van der Waals surface area contributed by atoms with Crippen LogP contribution in [0.1, 0.15) is 23.5 Å². The van der Waals surface area contributed by atoms with E-state index >= 15 is 0 Å². The number of amides is 1. The van der Waals surface area contributed by atoms with Crippen molar-refractivity contribution in [3.05, 3.63) is 64.1 Å². The van der Waals surface area contributed by atoms with Crippen molar-refractivity contribution in [1.29, 1.82) is 5.26 Å². The molecule has 4 rings (SSSR count). The van der Waals surface area contributed by atoms with Crippen LogP contribution in [0.3, 0.4) is 0 Å². The van der Waals surface area contributed by atoms with Crippen LogP contribution in [-0.4, -0.2) is 40.1 Å². The van der Waals surface area contributed by atoms with Gasteiger partial charge in [-0.25, -0.2) is 13.1 Å². The van der Waals surface area contributed by atoms with Crippen LogP contribution >= 0.6 is 11.3 Å². The molecule has 1 fully saturated rings. The molecular weight excluding hydrogens is 500 g/mol. The second kappa shape index (κ2) is 11.5. The van der Waals surface area contributed by atoms with E-state index in [0.717, 1.165) is 4.88 Å². The molecule has 0 atom stereocenters. The average molecular weight is 527 g/mol. The number of nitrogens with two attached hydrogens (primary N) is 1. The Balaban J connectivity index is 1.39. The molecule has 1 saturated heterocycles. The summed E-state index contributed by atoms with van der Waals surface area (Å²) in [6.45, 7) is 1.44. The largest absolute Gasteiger partial charge is 0.457 e. The number of hydrogen-bond donors (Lipinski definition) is 3. The minimum Gasteiger partial charge on any atom is -0.457 e. The highest BCUT2D eigenvalue weighted by molar-refractivity contribution is 7.89. The second-order valence-electron chi connectivity index (χ2n) is 8.21. The SMILES string of the molecule is N#C/C(=C\c1ccc(-c2ccc(S(=O)(=O)NC3CCOCC3)cc2)o1)C(=O)NCCc1sccc1N. The zero-order valence-electron chi connectivity index (χ0n) is 19.4. The molecule has 3 aromatic rings. The molecule has 0 saturated carbocycles. The summed E-state index contributed by atoms with van der Waals surface area (Å²) in [6.07, 6.45) is 3.24. The van der Waals surface area contributed by atoms with Gasteiger partial charge in [0.1, 0.15) is 23.2 Å². The molecular formula is C25H26N4O5S2. The lowest BCUT2D eigenvalue weighted by Crippen LogP contribution is -2.38. The van der Waals surface area contributed by atoms with Gasteiger partial charge in [-0.3, -0.25) is 4.79 Å². The molecule has 3 heterocycles. The molecule has 1 aliphatic rings. The number of nitrogens with one attached hydrogen (secondary N) is 2. The van der Waals surface area contributed by atoms with Gasteiger partial charge in [0.2, 0.25) is 10.0 Å². The maximum atomic E-state index is 12.7. The topological polar surface area (TPSA) is 147 Å². The Hall–Kier alpha value is -3.43. The maximum Gasteiger partial charge on any atom is 0.262 e. The van der Waals surface area contributed by atoms with Gasteiger partial charge in [-0.15, -0.1) is 11.3 Å². The molecule has 11 heteroatoms. The van der Waals surface area contributed by atoms with Crippen molar-refractivity contribution < 1.29 is 22.4 Å². The number of furan rings is 1. The fourth-order valence-electron chi connectivity index (χ4n) is 3.72. The van der Waals surface area contributed by atoms with Crippen molar-refractivity contribution in [3.63, 3.8) is 0 Å². The zero-order chi connectivity index (χ0) is 25.5. The van der Waals surface area contributed by atoms with Crippen LogP contribution < -0.4 is 15.8 Å². The molecule has 36 heavy (non-hydrogen) atoms. The van der Waals surface area contributed by atoms with Gasteiger partial charge in [-0.1, -0.05) is 0 Å². The quantitative estimate of drug-likeness (QED) is 0.286. The highest BCUT2D eigenvalue weighted by atomic mass is 32.2. The number of thiophene rings is 1. The Morgan fingerprint density at radius 1 is 1.17 bits per heavy atom. The van der Waals surface area contributed by atoms with Crippen LogP contribution in [0.2, 0.25) is 0 Å². The van der Waals surface area contributed by atoms with Gasteiger partial charge in [0.15, 0.2) is 0 Å². The molecule has 4 N–H and O–H groups in total. The van der Waals surface area contributed by atoms with Crippen LogP contribution in [-0.2, 0) is 26.0 Å². The minimum absolute atomic E-state index is 0.0873. The smallest absolute Gasteiger partial charge is 0.262 e. The number of carbonyl (C=O) groups is 1. The summed E-state index contributed by atoms with van der Waals surface area (Å²) in [6, 6.07) is 13.3. The summed E-state index contributed by atoms with van der Waals surface area (Å²) in [5, 5.41) is 14.0. The maximum absolute atomic E-state index is 12.7. The summed E-state index contributed by atoms with van der Waals surface area (Å²) in [7, 11) is -3.64. The van der Waals surface area contributed by atoms with Crippen LogP contribution in [0.15, 0.2) is 62.7 Å². The standard InChI is InChI=1S/C25H26N4O5S2/c26-16-18(25(30)28-11-7-24-22(27)10-14-35-24)15-20-3-6-23(34-20)17-1-4-21(5-2-17)36(31,32)29-19-8-12-33-13-9-19/h1-6,10,14-15,19,29H,7-9,11-13,27H2,(H,28,30)/b18-15+. The summed E-state index contributed by atoms with van der Waals surface area (Å²) in [5.74, 6) is 0.308. The lowest BCUT2D eigenvalue weighted by atomic mass is 10.1. The van der Waals surface area contributed by atoms with Gasteiger partial charge in [0.05, 0.1) is 4.90 Å². The highest BCUT2D eigenvalue weighted by Gasteiger charge is 2.22. The average Bonchev–Trinajstić information content (AvgIpc) is 3.52. The highest BCUT2D eigenvalue weighted by Crippen LogP contribution is 2.25. The number of sulfonamides is 1. The Labute approximate surface area is 213 Å². The van der Waals surface area contributed by atoms with Gasteiger partial charge < -0.3 is 20.2 Å². The first-order chi connectivity index (χ1) is 17.4. The lowest BCUT2D eigenvalue weighted by Gasteiger charge is -2.22. The summed E-state index contributed by atoms with van der Waals surface area (Å²) >= 11 is 1.52. The normalized spacial score (nSPS) is 14.9. The van der Waals surface area contributed by atoms with Crippen LogP contribution in [0.5, 0.6) is 0 Å². The van der Waals surface area contributed by atoms with Gasteiger partial charge in [0.25, 0.3) is 5.91 Å². The fourth-order valence-corrected chi connectivity index (χ4v) is 5.82. The Kier molecular flexibility index (Phi) is 8.22. The molecule has 0 bridgehead atoms. The second-order valence-corrected chi connectivity index (χ2v) is 10.9. The number of rotatable bonds is 9. The summed E-state index contributed by atoms with van der Waals surface area (Å²) in [4.78, 5) is 13.5. The lowest BCUT2D eigenvalue weighted by molar-refractivity contribution is -0.117. The Morgan fingerprint density at radius 2 is 1.92 bits per heavy atom. The third kappa shape index (κ3) is 6.41. The van der Waals surface area contributed by atoms with E-state index in [1.807, 2.05) is 17.5 Å². The monoisotopic (exact) mass is 526 g/mol. The number of ether oxygens (including phenoxy) is 1. The van der Waals surface area contributed by atoms with Crippen molar-refractivity contribution in [3.8, 4) is 17.4 Å². The third-order valence-corrected chi connectivity index (χ3v) is 8.22. The number of nitrogens with zero attached hydrogens (tertiary/aromatic N) is 1. The van der Waals surface area contributed by atoms with Gasteiger partial charge in [0, 0.05) is 54.4 Å². The number of hydrogen-bond acceptors (Lipinski definition) is 8. The first kappa shape index (κ1) is 25.7. The van der Waals surface area contributed by atoms with Crippen molar-refractivity contribution in [2.24, 2.45) is 0 Å². The van der Waals surface area contributed by atoms with Crippen molar-refractivity contribution in [2.45, 2.75) is 30.2 Å². The Bertz CT molecular complexity index is 1380. The van der Waals surface area contributed by atoms with Gasteiger partial charge in [-0.2, -0.15) is 5.26 Å². The third-order valence-electron chi connectivity index (χ3n) is 5.69. The predicted octanol–water partition coefficient (Wildman–Crippen LogP) is 3.31. The van der Waals surface area contributed by atoms with E-state index in [1.54, 1.807) is 24.3 Å². The molecule has 1 aromatic carbocycles. The van der Waals surface area contributed by atoms with Gasteiger partial charge in [-0.05, 0) is 60.7 Å². The first-order valence-electron chi connectivity index (χ1n) is 11.4. The van der Waals surface area contributed by atoms with Crippen LogP contribution in [0.25, 0.3) is 17.4 Å². The van der Waals surface area contributed by atoms with E-state index in [4.69, 9.17) is 14.9 Å². The van der Waals surface area contributed by atoms with E-state index in [0.29, 0.717) is 61.8 Å². The van der Waals surface area contributed by atoms with E-state index in [2.05, 4.69) is 10.0 Å². The van der Waals surface area contributed by atoms with Crippen molar-refractivity contribution >= 4 is 39.0 Å². The molecule has 0 spiro atoms. The van der Waals surface area contributed by atoms with Crippen LogP contribution in [0, 0.1) is 11.3 Å². The molecule has 188 valence electrons. The van der Waals surface area contributed by atoms with Crippen molar-refractivity contribution in [2.75, 3.05) is 25.5 Å². The molecule has 0 aliphatic carbocycles. The molecule has 0 radical (unpaired) electrons. The Morgan fingerprint density at radius 3 is 2.58 bits per heavy atom. The summed E-state index contributed by atoms with van der Waals surface area (Å²) in [5.41, 5.74) is 7.11. The minimum atomic E-state index is -3.64. The number of carbonyl (C=O) groups excluding carboxylic acids is 1. The van der Waals surface area contributed by atoms with Crippen molar-refractivity contribution in [1.82, 2.24) is 10.0 Å².